The fourth-order valence-electron chi connectivity index (χ4n) is 3.15. The molecule has 7 heteroatoms. The van der Waals surface area contributed by atoms with Crippen molar-refractivity contribution in [3.63, 3.8) is 0 Å². The molecule has 2 aromatic rings. The van der Waals surface area contributed by atoms with Gasteiger partial charge in [-0.15, -0.1) is 0 Å². The lowest BCUT2D eigenvalue weighted by atomic mass is 9.93. The van der Waals surface area contributed by atoms with Gasteiger partial charge in [0.15, 0.2) is 0 Å². The summed E-state index contributed by atoms with van der Waals surface area (Å²) in [6.07, 6.45) is 0.0958. The second kappa shape index (κ2) is 6.74. The van der Waals surface area contributed by atoms with Crippen LogP contribution in [0.1, 0.15) is 35.7 Å². The number of nitrogens with one attached hydrogen (secondary N) is 1. The summed E-state index contributed by atoms with van der Waals surface area (Å²) in [5.41, 5.74) is 0.909. The highest BCUT2D eigenvalue weighted by Crippen LogP contribution is 2.34. The number of halogens is 3. The van der Waals surface area contributed by atoms with Crippen molar-refractivity contribution in [3.05, 3.63) is 59.4 Å². The average molecular weight is 349 g/mol. The van der Waals surface area contributed by atoms with Crippen LogP contribution in [0.5, 0.6) is 0 Å². The second-order valence-electron chi connectivity index (χ2n) is 6.05. The zero-order valence-electron chi connectivity index (χ0n) is 13.7. The molecule has 1 N–H and O–H groups in total. The van der Waals surface area contributed by atoms with Crippen molar-refractivity contribution in [2.45, 2.75) is 31.5 Å². The van der Waals surface area contributed by atoms with Crippen LogP contribution in [0, 0.1) is 0 Å². The van der Waals surface area contributed by atoms with E-state index in [0.717, 1.165) is 24.1 Å². The molecule has 132 valence electrons. The molecular formula is C18H18F3N3O. The van der Waals surface area contributed by atoms with Crippen LogP contribution in [0.15, 0.2) is 42.6 Å². The predicted molar refractivity (Wildman–Crippen MR) is 87.5 cm³/mol. The van der Waals surface area contributed by atoms with Crippen LogP contribution in [0.2, 0.25) is 0 Å². The fourth-order valence-corrected chi connectivity index (χ4v) is 3.15. The third kappa shape index (κ3) is 3.75. The molecule has 0 spiro atoms. The first kappa shape index (κ1) is 17.3. The first-order valence-corrected chi connectivity index (χ1v) is 8.02. The number of aromatic nitrogens is 2. The highest BCUT2D eigenvalue weighted by atomic mass is 19.4. The Morgan fingerprint density at radius 2 is 2.04 bits per heavy atom. The quantitative estimate of drug-likeness (QED) is 0.862. The number of fused-ring (bicyclic) bond motifs is 1. The fraction of sp³-hybridized carbons (Fsp3) is 0.333. The monoisotopic (exact) mass is 349 g/mol. The minimum atomic E-state index is -4.61. The van der Waals surface area contributed by atoms with Crippen molar-refractivity contribution in [1.29, 1.82) is 0 Å². The van der Waals surface area contributed by atoms with Gasteiger partial charge in [-0.3, -0.25) is 9.48 Å². The van der Waals surface area contributed by atoms with Gasteiger partial charge in [-0.05, 0) is 24.8 Å². The van der Waals surface area contributed by atoms with Gasteiger partial charge < -0.3 is 5.32 Å². The maximum Gasteiger partial charge on any atom is 0.417 e. The average Bonchev–Trinajstić information content (AvgIpc) is 2.95. The van der Waals surface area contributed by atoms with Crippen LogP contribution >= 0.6 is 0 Å². The van der Waals surface area contributed by atoms with Crippen LogP contribution < -0.4 is 5.32 Å². The van der Waals surface area contributed by atoms with Gasteiger partial charge in [0.25, 0.3) is 0 Å². The normalized spacial score (nSPS) is 17.9. The minimum Gasteiger partial charge on any atom is -0.346 e. The van der Waals surface area contributed by atoms with Crippen LogP contribution in [0.3, 0.4) is 0 Å². The molecule has 1 aromatic carbocycles. The molecule has 0 saturated heterocycles. The first-order valence-electron chi connectivity index (χ1n) is 8.02. The Morgan fingerprint density at radius 1 is 1.32 bits per heavy atom. The zero-order chi connectivity index (χ0) is 18.0. The number of alkyl halides is 3. The highest BCUT2D eigenvalue weighted by molar-refractivity contribution is 5.96. The number of aryl methyl sites for hydroxylation is 1. The lowest BCUT2D eigenvalue weighted by molar-refractivity contribution is -0.117. The van der Waals surface area contributed by atoms with E-state index >= 15 is 0 Å². The number of amides is 1. The van der Waals surface area contributed by atoms with Crippen molar-refractivity contribution >= 4 is 11.5 Å². The van der Waals surface area contributed by atoms with Crippen molar-refractivity contribution in [2.75, 3.05) is 0 Å². The largest absolute Gasteiger partial charge is 0.417 e. The molecule has 1 unspecified atom stereocenters. The molecule has 1 atom stereocenters. The van der Waals surface area contributed by atoms with Crippen molar-refractivity contribution < 1.29 is 18.0 Å². The number of hydrogen-bond acceptors (Lipinski definition) is 2. The lowest BCUT2D eigenvalue weighted by Gasteiger charge is -2.23. The predicted octanol–water partition coefficient (Wildman–Crippen LogP) is 3.56. The summed E-state index contributed by atoms with van der Waals surface area (Å²) in [6.45, 7) is 0. The van der Waals surface area contributed by atoms with Crippen molar-refractivity contribution in [1.82, 2.24) is 15.1 Å². The Labute approximate surface area is 143 Å². The van der Waals surface area contributed by atoms with Gasteiger partial charge in [0.05, 0.1) is 17.8 Å². The van der Waals surface area contributed by atoms with Crippen LogP contribution in [0.25, 0.3) is 5.57 Å². The lowest BCUT2D eigenvalue weighted by Crippen LogP contribution is -2.30. The van der Waals surface area contributed by atoms with Gasteiger partial charge in [-0.2, -0.15) is 18.3 Å². The number of hydrogen-bond donors (Lipinski definition) is 1. The number of allylic oxidation sites excluding steroid dienone is 1. The number of rotatable bonds is 3. The first-order chi connectivity index (χ1) is 11.9. The number of carbonyl (C=O) groups excluding carboxylic acids is 1. The molecule has 4 nitrogen and oxygen atoms in total. The van der Waals surface area contributed by atoms with Gasteiger partial charge in [-0.25, -0.2) is 0 Å². The smallest absolute Gasteiger partial charge is 0.346 e. The van der Waals surface area contributed by atoms with E-state index in [2.05, 4.69) is 10.4 Å². The second-order valence-corrected chi connectivity index (χ2v) is 6.05. The molecule has 0 fully saturated rings. The SMILES string of the molecule is Cn1ncc2c1CCCC2NC(=O)/C=C(/c1ccccc1)C(F)(F)F. The molecule has 0 aliphatic heterocycles. The number of carbonyl (C=O) groups is 1. The topological polar surface area (TPSA) is 46.9 Å². The maximum atomic E-state index is 13.3. The summed E-state index contributed by atoms with van der Waals surface area (Å²) in [7, 11) is 1.82. The molecule has 1 aliphatic rings. The third-order valence-corrected chi connectivity index (χ3v) is 4.36. The number of benzene rings is 1. The summed E-state index contributed by atoms with van der Waals surface area (Å²) < 4.78 is 41.7. The van der Waals surface area contributed by atoms with E-state index < -0.39 is 17.7 Å². The Balaban J connectivity index is 1.84. The van der Waals surface area contributed by atoms with Crippen LogP contribution in [-0.2, 0) is 18.3 Å². The number of nitrogens with zero attached hydrogens (tertiary/aromatic N) is 2. The van der Waals surface area contributed by atoms with Gasteiger partial charge in [0, 0.05) is 24.4 Å². The summed E-state index contributed by atoms with van der Waals surface area (Å²) >= 11 is 0. The molecule has 3 rings (SSSR count). The molecule has 25 heavy (non-hydrogen) atoms. The zero-order valence-corrected chi connectivity index (χ0v) is 13.7. The maximum absolute atomic E-state index is 13.3. The van der Waals surface area contributed by atoms with E-state index in [1.807, 2.05) is 7.05 Å². The third-order valence-electron chi connectivity index (χ3n) is 4.36. The summed E-state index contributed by atoms with van der Waals surface area (Å²) in [5.74, 6) is -0.752. The Kier molecular flexibility index (Phi) is 4.65. The summed E-state index contributed by atoms with van der Waals surface area (Å²) in [6, 6.07) is 7.01. The van der Waals surface area contributed by atoms with Crippen molar-refractivity contribution in [2.24, 2.45) is 7.05 Å². The Morgan fingerprint density at radius 3 is 2.72 bits per heavy atom. The molecule has 0 bridgehead atoms. The highest BCUT2D eigenvalue weighted by Gasteiger charge is 2.35. The Hall–Kier alpha value is -2.57. The minimum absolute atomic E-state index is 0.0316. The molecule has 1 heterocycles. The summed E-state index contributed by atoms with van der Waals surface area (Å²) in [5, 5.41) is 6.87. The molecule has 1 aliphatic carbocycles. The van der Waals surface area contributed by atoms with Gasteiger partial charge in [-0.1, -0.05) is 30.3 Å². The van der Waals surface area contributed by atoms with E-state index in [1.54, 1.807) is 16.9 Å². The molecular weight excluding hydrogens is 331 g/mol. The molecule has 0 radical (unpaired) electrons. The van der Waals surface area contributed by atoms with E-state index in [-0.39, 0.29) is 11.6 Å². The van der Waals surface area contributed by atoms with Crippen LogP contribution in [0.4, 0.5) is 13.2 Å². The van der Waals surface area contributed by atoms with Crippen LogP contribution in [-0.4, -0.2) is 21.9 Å². The van der Waals surface area contributed by atoms with E-state index in [0.29, 0.717) is 12.5 Å². The van der Waals surface area contributed by atoms with Gasteiger partial charge >= 0.3 is 6.18 Å². The molecule has 1 amide bonds. The van der Waals surface area contributed by atoms with Crippen molar-refractivity contribution in [3.8, 4) is 0 Å². The van der Waals surface area contributed by atoms with Gasteiger partial charge in [0.2, 0.25) is 5.91 Å². The Bertz CT molecular complexity index is 794. The van der Waals surface area contributed by atoms with E-state index in [4.69, 9.17) is 0 Å². The van der Waals surface area contributed by atoms with E-state index in [1.165, 1.54) is 24.3 Å². The van der Waals surface area contributed by atoms with Gasteiger partial charge in [0.1, 0.15) is 0 Å². The summed E-state index contributed by atoms with van der Waals surface area (Å²) in [4.78, 5) is 12.2. The molecule has 1 aromatic heterocycles. The standard InChI is InChI=1S/C18H18F3N3O/c1-24-16-9-5-8-15(13(16)11-22-24)23-17(25)10-14(18(19,20)21)12-6-3-2-4-7-12/h2-4,6-7,10-11,15H,5,8-9H2,1H3,(H,23,25)/b14-10-. The molecule has 0 saturated carbocycles. The van der Waals surface area contributed by atoms with E-state index in [9.17, 15) is 18.0 Å².